The van der Waals surface area contributed by atoms with E-state index in [2.05, 4.69) is 5.32 Å². The van der Waals surface area contributed by atoms with Crippen LogP contribution in [0.15, 0.2) is 47.1 Å². The van der Waals surface area contributed by atoms with Crippen LogP contribution in [0.2, 0.25) is 0 Å². The standard InChI is InChI=1S/C21H24N2O5/c1-15-5-2-3-6-17(15)13-22-19(24)14-28-21(26)16-8-10-23(11-9-16)20(25)18-7-4-12-27-18/h2-7,12,16H,8-11,13-14H2,1H3,(H,22,24). The number of nitrogens with zero attached hydrogens (tertiary/aromatic N) is 1. The summed E-state index contributed by atoms with van der Waals surface area (Å²) < 4.78 is 10.3. The molecule has 0 unspecified atom stereocenters. The summed E-state index contributed by atoms with van der Waals surface area (Å²) in [6, 6.07) is 11.1. The number of likely N-dealkylation sites (tertiary alicyclic amines) is 1. The fourth-order valence-electron chi connectivity index (χ4n) is 3.18. The molecule has 2 heterocycles. The largest absolute Gasteiger partial charge is 0.459 e. The molecule has 1 fully saturated rings. The minimum Gasteiger partial charge on any atom is -0.459 e. The Morgan fingerprint density at radius 3 is 2.57 bits per heavy atom. The Kier molecular flexibility index (Phi) is 6.47. The number of amides is 2. The van der Waals surface area contributed by atoms with Crippen molar-refractivity contribution in [1.82, 2.24) is 10.2 Å². The van der Waals surface area contributed by atoms with Crippen molar-refractivity contribution in [2.24, 2.45) is 5.92 Å². The maximum atomic E-state index is 12.2. The van der Waals surface area contributed by atoms with Gasteiger partial charge in [0.15, 0.2) is 12.4 Å². The van der Waals surface area contributed by atoms with Gasteiger partial charge in [0, 0.05) is 19.6 Å². The monoisotopic (exact) mass is 384 g/mol. The van der Waals surface area contributed by atoms with Gasteiger partial charge in [0.05, 0.1) is 12.2 Å². The predicted molar refractivity (Wildman–Crippen MR) is 101 cm³/mol. The van der Waals surface area contributed by atoms with Crippen LogP contribution in [0.3, 0.4) is 0 Å². The van der Waals surface area contributed by atoms with Crippen molar-refractivity contribution in [3.63, 3.8) is 0 Å². The molecule has 2 amide bonds. The molecule has 7 heteroatoms. The fraction of sp³-hybridized carbons (Fsp3) is 0.381. The fourth-order valence-corrected chi connectivity index (χ4v) is 3.18. The van der Waals surface area contributed by atoms with E-state index in [9.17, 15) is 14.4 Å². The molecule has 1 N–H and O–H groups in total. The highest BCUT2D eigenvalue weighted by molar-refractivity contribution is 5.91. The first kappa shape index (κ1) is 19.7. The summed E-state index contributed by atoms with van der Waals surface area (Å²) in [6.07, 6.45) is 2.48. The topological polar surface area (TPSA) is 88.9 Å². The number of benzene rings is 1. The van der Waals surface area contributed by atoms with Crippen molar-refractivity contribution in [3.05, 3.63) is 59.5 Å². The summed E-state index contributed by atoms with van der Waals surface area (Å²) in [5.74, 6) is -0.901. The lowest BCUT2D eigenvalue weighted by atomic mass is 9.97. The molecule has 28 heavy (non-hydrogen) atoms. The number of carbonyl (C=O) groups excluding carboxylic acids is 3. The van der Waals surface area contributed by atoms with Crippen LogP contribution in [0.1, 0.15) is 34.5 Å². The number of carbonyl (C=O) groups is 3. The number of rotatable bonds is 6. The molecule has 0 radical (unpaired) electrons. The second-order valence-corrected chi connectivity index (χ2v) is 6.85. The maximum Gasteiger partial charge on any atom is 0.309 e. The van der Waals surface area contributed by atoms with Crippen LogP contribution in [0, 0.1) is 12.8 Å². The van der Waals surface area contributed by atoms with Gasteiger partial charge in [-0.1, -0.05) is 24.3 Å². The highest BCUT2D eigenvalue weighted by Gasteiger charge is 2.29. The van der Waals surface area contributed by atoms with Crippen LogP contribution in [-0.2, 0) is 20.9 Å². The van der Waals surface area contributed by atoms with Gasteiger partial charge in [0.1, 0.15) is 0 Å². The highest BCUT2D eigenvalue weighted by atomic mass is 16.5. The Balaban J connectivity index is 1.38. The third-order valence-electron chi connectivity index (χ3n) is 4.93. The number of aryl methyl sites for hydroxylation is 1. The molecule has 0 spiro atoms. The van der Waals surface area contributed by atoms with Crippen LogP contribution >= 0.6 is 0 Å². The Hall–Kier alpha value is -3.09. The summed E-state index contributed by atoms with van der Waals surface area (Å²) in [5.41, 5.74) is 2.12. The van der Waals surface area contributed by atoms with E-state index in [0.717, 1.165) is 11.1 Å². The number of hydrogen-bond donors (Lipinski definition) is 1. The molecule has 1 aliphatic rings. The quantitative estimate of drug-likeness (QED) is 0.772. The average Bonchev–Trinajstić information content (AvgIpc) is 3.26. The first-order valence-electron chi connectivity index (χ1n) is 9.35. The Bertz CT molecular complexity index is 823. The molecule has 3 rings (SSSR count). The Morgan fingerprint density at radius 2 is 1.89 bits per heavy atom. The van der Waals surface area contributed by atoms with Crippen LogP contribution in [-0.4, -0.2) is 42.4 Å². The summed E-state index contributed by atoms with van der Waals surface area (Å²) in [7, 11) is 0. The minimum absolute atomic E-state index is 0.174. The highest BCUT2D eigenvalue weighted by Crippen LogP contribution is 2.20. The first-order chi connectivity index (χ1) is 13.5. The zero-order valence-corrected chi connectivity index (χ0v) is 15.8. The van der Waals surface area contributed by atoms with Gasteiger partial charge in [-0.05, 0) is 43.0 Å². The van der Waals surface area contributed by atoms with Gasteiger partial charge in [-0.25, -0.2) is 0 Å². The van der Waals surface area contributed by atoms with E-state index >= 15 is 0 Å². The van der Waals surface area contributed by atoms with Crippen LogP contribution < -0.4 is 5.32 Å². The molecule has 2 aromatic rings. The number of esters is 1. The lowest BCUT2D eigenvalue weighted by Gasteiger charge is -2.30. The summed E-state index contributed by atoms with van der Waals surface area (Å²) in [4.78, 5) is 38.0. The normalized spacial score (nSPS) is 14.5. The molecule has 0 saturated carbocycles. The second-order valence-electron chi connectivity index (χ2n) is 6.85. The van der Waals surface area contributed by atoms with E-state index in [0.29, 0.717) is 38.2 Å². The van der Waals surface area contributed by atoms with E-state index in [4.69, 9.17) is 9.15 Å². The van der Waals surface area contributed by atoms with E-state index in [1.54, 1.807) is 17.0 Å². The second kappa shape index (κ2) is 9.21. The molecular weight excluding hydrogens is 360 g/mol. The summed E-state index contributed by atoms with van der Waals surface area (Å²) >= 11 is 0. The molecule has 1 aliphatic heterocycles. The molecule has 0 bridgehead atoms. The minimum atomic E-state index is -0.392. The number of ether oxygens (including phenoxy) is 1. The average molecular weight is 384 g/mol. The summed E-state index contributed by atoms with van der Waals surface area (Å²) in [5, 5.41) is 2.76. The molecular formula is C21H24N2O5. The molecule has 1 saturated heterocycles. The molecule has 0 atom stereocenters. The van der Waals surface area contributed by atoms with Gasteiger partial charge in [0.25, 0.3) is 11.8 Å². The molecule has 1 aromatic carbocycles. The van der Waals surface area contributed by atoms with E-state index in [1.165, 1.54) is 6.26 Å². The number of furan rings is 1. The van der Waals surface area contributed by atoms with Crippen LogP contribution in [0.4, 0.5) is 0 Å². The zero-order chi connectivity index (χ0) is 19.9. The van der Waals surface area contributed by atoms with Crippen LogP contribution in [0.25, 0.3) is 0 Å². The Labute approximate surface area is 163 Å². The maximum absolute atomic E-state index is 12.2. The van der Waals surface area contributed by atoms with E-state index in [-0.39, 0.29) is 24.3 Å². The zero-order valence-electron chi connectivity index (χ0n) is 15.8. The van der Waals surface area contributed by atoms with Crippen molar-refractivity contribution in [2.45, 2.75) is 26.3 Å². The van der Waals surface area contributed by atoms with Gasteiger partial charge in [-0.2, -0.15) is 0 Å². The van der Waals surface area contributed by atoms with Crippen molar-refractivity contribution in [3.8, 4) is 0 Å². The third-order valence-corrected chi connectivity index (χ3v) is 4.93. The number of nitrogens with one attached hydrogen (secondary N) is 1. The van der Waals surface area contributed by atoms with E-state index < -0.39 is 5.97 Å². The van der Waals surface area contributed by atoms with Crippen molar-refractivity contribution < 1.29 is 23.5 Å². The van der Waals surface area contributed by atoms with Gasteiger partial charge < -0.3 is 19.4 Å². The lowest BCUT2D eigenvalue weighted by molar-refractivity contribution is -0.153. The number of hydrogen-bond acceptors (Lipinski definition) is 5. The Morgan fingerprint density at radius 1 is 1.14 bits per heavy atom. The molecule has 7 nitrogen and oxygen atoms in total. The van der Waals surface area contributed by atoms with Gasteiger partial charge in [-0.15, -0.1) is 0 Å². The SMILES string of the molecule is Cc1ccccc1CNC(=O)COC(=O)C1CCN(C(=O)c2ccco2)CC1. The molecule has 148 valence electrons. The van der Waals surface area contributed by atoms with Gasteiger partial charge in [0.2, 0.25) is 0 Å². The van der Waals surface area contributed by atoms with Gasteiger partial charge in [-0.3, -0.25) is 14.4 Å². The molecule has 1 aromatic heterocycles. The van der Waals surface area contributed by atoms with Crippen molar-refractivity contribution in [1.29, 1.82) is 0 Å². The predicted octanol–water partition coefficient (Wildman–Crippen LogP) is 2.30. The first-order valence-corrected chi connectivity index (χ1v) is 9.35. The third kappa shape index (κ3) is 5.00. The number of piperidine rings is 1. The molecule has 0 aliphatic carbocycles. The van der Waals surface area contributed by atoms with Crippen molar-refractivity contribution in [2.75, 3.05) is 19.7 Å². The van der Waals surface area contributed by atoms with Gasteiger partial charge >= 0.3 is 5.97 Å². The van der Waals surface area contributed by atoms with Crippen molar-refractivity contribution >= 4 is 17.8 Å². The smallest absolute Gasteiger partial charge is 0.309 e. The van der Waals surface area contributed by atoms with E-state index in [1.807, 2.05) is 31.2 Å². The lowest BCUT2D eigenvalue weighted by Crippen LogP contribution is -2.41. The van der Waals surface area contributed by atoms with Crippen LogP contribution in [0.5, 0.6) is 0 Å². The summed E-state index contributed by atoms with van der Waals surface area (Å²) in [6.45, 7) is 2.99.